The Bertz CT molecular complexity index is 1000. The van der Waals surface area contributed by atoms with Crippen molar-refractivity contribution < 1.29 is 23.0 Å². The van der Waals surface area contributed by atoms with Gasteiger partial charge in [-0.3, -0.25) is 4.98 Å². The zero-order valence-corrected chi connectivity index (χ0v) is 15.0. The Hall–Kier alpha value is -3.40. The molecule has 0 fully saturated rings. The second kappa shape index (κ2) is 7.55. The molecule has 10 heteroatoms. The number of aliphatic hydroxyl groups is 1. The maximum atomic E-state index is 13.0. The Labute approximate surface area is 163 Å². The third kappa shape index (κ3) is 4.06. The predicted molar refractivity (Wildman–Crippen MR) is 99.2 cm³/mol. The Morgan fingerprint density at radius 1 is 1.17 bits per heavy atom. The van der Waals surface area contributed by atoms with Gasteiger partial charge in [-0.15, -0.1) is 0 Å². The maximum Gasteiger partial charge on any atom is 0.416 e. The first-order valence-corrected chi connectivity index (χ1v) is 8.70. The van der Waals surface area contributed by atoms with Crippen LogP contribution in [0.3, 0.4) is 0 Å². The highest BCUT2D eigenvalue weighted by Crippen LogP contribution is 2.34. The van der Waals surface area contributed by atoms with Gasteiger partial charge in [0.1, 0.15) is 6.61 Å². The number of alkyl halides is 3. The number of halogens is 3. The van der Waals surface area contributed by atoms with Gasteiger partial charge in [0.2, 0.25) is 6.35 Å². The third-order valence-electron chi connectivity index (χ3n) is 4.32. The maximum absolute atomic E-state index is 13.0. The summed E-state index contributed by atoms with van der Waals surface area (Å²) in [6.45, 7) is 0.590. The molecule has 1 atom stereocenters. The average Bonchev–Trinajstić information content (AvgIpc) is 2.73. The lowest BCUT2D eigenvalue weighted by Gasteiger charge is -2.33. The zero-order chi connectivity index (χ0) is 20.4. The molecule has 1 aliphatic rings. The van der Waals surface area contributed by atoms with Crippen LogP contribution < -0.4 is 15.0 Å². The molecule has 3 aromatic rings. The molecule has 1 unspecified atom stereocenters. The highest BCUT2D eigenvalue weighted by Gasteiger charge is 2.31. The summed E-state index contributed by atoms with van der Waals surface area (Å²) in [5.41, 5.74) is 0.364. The Kier molecular flexibility index (Phi) is 4.93. The summed E-state index contributed by atoms with van der Waals surface area (Å²) in [5.74, 6) is 0.433. The van der Waals surface area contributed by atoms with Crippen LogP contribution in [0.4, 0.5) is 24.7 Å². The van der Waals surface area contributed by atoms with Crippen molar-refractivity contribution in [2.75, 3.05) is 23.4 Å². The number of ether oxygens (including phenoxy) is 1. The van der Waals surface area contributed by atoms with Crippen LogP contribution in [-0.2, 0) is 6.18 Å². The number of nitrogens with zero attached hydrogens (tertiary/aromatic N) is 4. The number of rotatable bonds is 4. The van der Waals surface area contributed by atoms with Gasteiger partial charge >= 0.3 is 6.18 Å². The minimum absolute atomic E-state index is 0.197. The molecule has 1 aromatic carbocycles. The Morgan fingerprint density at radius 3 is 2.72 bits per heavy atom. The fraction of sp³-hybridized carbons (Fsp3) is 0.211. The molecule has 3 heterocycles. The standard InChI is InChI=1S/C19H16F3N5O2/c20-19(21,22)13-3-1-2-12(10-13)15-11-24-17-16(26-15)27(8-9-29-17)18(28)25-14-4-6-23-7-5-14/h1-7,10-11,18,28H,8-9H2,(H,23,25). The molecule has 0 radical (unpaired) electrons. The summed E-state index contributed by atoms with van der Waals surface area (Å²) in [6, 6.07) is 8.21. The molecule has 4 rings (SSSR count). The van der Waals surface area contributed by atoms with E-state index in [4.69, 9.17) is 4.74 Å². The van der Waals surface area contributed by atoms with Gasteiger partial charge in [-0.2, -0.15) is 13.2 Å². The van der Waals surface area contributed by atoms with Crippen LogP contribution in [0.1, 0.15) is 5.56 Å². The largest absolute Gasteiger partial charge is 0.473 e. The first kappa shape index (κ1) is 18.9. The summed E-state index contributed by atoms with van der Waals surface area (Å²) < 4.78 is 44.5. The molecule has 0 amide bonds. The van der Waals surface area contributed by atoms with E-state index in [0.717, 1.165) is 12.1 Å². The fourth-order valence-corrected chi connectivity index (χ4v) is 2.91. The van der Waals surface area contributed by atoms with Crippen LogP contribution in [0.15, 0.2) is 55.0 Å². The van der Waals surface area contributed by atoms with Crippen LogP contribution >= 0.6 is 0 Å². The molecule has 7 nitrogen and oxygen atoms in total. The van der Waals surface area contributed by atoms with Gasteiger partial charge in [0.25, 0.3) is 5.88 Å². The lowest BCUT2D eigenvalue weighted by atomic mass is 10.1. The highest BCUT2D eigenvalue weighted by molar-refractivity contribution is 5.64. The third-order valence-corrected chi connectivity index (χ3v) is 4.32. The molecule has 0 bridgehead atoms. The summed E-state index contributed by atoms with van der Waals surface area (Å²) in [6.07, 6.45) is -1.11. The van der Waals surface area contributed by atoms with Gasteiger partial charge in [-0.25, -0.2) is 9.97 Å². The van der Waals surface area contributed by atoms with E-state index in [1.807, 2.05) is 0 Å². The van der Waals surface area contributed by atoms with Crippen molar-refractivity contribution in [1.29, 1.82) is 0 Å². The average molecular weight is 403 g/mol. The van der Waals surface area contributed by atoms with Gasteiger partial charge in [-0.1, -0.05) is 12.1 Å². The molecular formula is C19H16F3N5O2. The van der Waals surface area contributed by atoms with Gasteiger partial charge in [0.15, 0.2) is 5.82 Å². The van der Waals surface area contributed by atoms with E-state index in [2.05, 4.69) is 20.3 Å². The second-order valence-electron chi connectivity index (χ2n) is 6.26. The van der Waals surface area contributed by atoms with Crippen LogP contribution in [-0.4, -0.2) is 39.6 Å². The minimum Gasteiger partial charge on any atom is -0.473 e. The minimum atomic E-state index is -4.46. The monoisotopic (exact) mass is 403 g/mol. The van der Waals surface area contributed by atoms with Gasteiger partial charge < -0.3 is 20.1 Å². The SMILES string of the molecule is OC(Nc1ccncc1)N1CCOc2ncc(-c3cccc(C(F)(F)F)c3)nc21. The molecule has 0 spiro atoms. The first-order valence-electron chi connectivity index (χ1n) is 8.70. The molecule has 0 saturated heterocycles. The lowest BCUT2D eigenvalue weighted by Crippen LogP contribution is -2.46. The number of anilines is 2. The summed E-state index contributed by atoms with van der Waals surface area (Å²) in [4.78, 5) is 14.0. The Balaban J connectivity index is 1.65. The number of pyridine rings is 1. The molecular weight excluding hydrogens is 387 g/mol. The number of hydrogen-bond acceptors (Lipinski definition) is 7. The fourth-order valence-electron chi connectivity index (χ4n) is 2.91. The number of aromatic nitrogens is 3. The van der Waals surface area contributed by atoms with Crippen molar-refractivity contribution in [2.45, 2.75) is 12.5 Å². The van der Waals surface area contributed by atoms with Crippen LogP contribution in [0.5, 0.6) is 5.88 Å². The zero-order valence-electron chi connectivity index (χ0n) is 15.0. The molecule has 150 valence electrons. The number of hydrogen-bond donors (Lipinski definition) is 2. The molecule has 29 heavy (non-hydrogen) atoms. The van der Waals surface area contributed by atoms with E-state index in [-0.39, 0.29) is 29.6 Å². The second-order valence-corrected chi connectivity index (χ2v) is 6.26. The van der Waals surface area contributed by atoms with E-state index < -0.39 is 18.1 Å². The normalized spacial score (nSPS) is 14.7. The number of nitrogens with one attached hydrogen (secondary N) is 1. The van der Waals surface area contributed by atoms with Crippen LogP contribution in [0.2, 0.25) is 0 Å². The summed E-state index contributed by atoms with van der Waals surface area (Å²) >= 11 is 0. The molecule has 1 aliphatic heterocycles. The van der Waals surface area contributed by atoms with Gasteiger partial charge in [-0.05, 0) is 24.3 Å². The van der Waals surface area contributed by atoms with Crippen LogP contribution in [0.25, 0.3) is 11.3 Å². The van der Waals surface area contributed by atoms with Gasteiger partial charge in [0.05, 0.1) is 24.0 Å². The van der Waals surface area contributed by atoms with E-state index in [9.17, 15) is 18.3 Å². The molecule has 2 N–H and O–H groups in total. The van der Waals surface area contributed by atoms with Gasteiger partial charge in [0, 0.05) is 23.6 Å². The quantitative estimate of drug-likeness (QED) is 0.648. The summed E-state index contributed by atoms with van der Waals surface area (Å²) in [5, 5.41) is 13.5. The van der Waals surface area contributed by atoms with Crippen molar-refractivity contribution in [3.8, 4) is 17.1 Å². The highest BCUT2D eigenvalue weighted by atomic mass is 19.4. The summed E-state index contributed by atoms with van der Waals surface area (Å²) in [7, 11) is 0. The van der Waals surface area contributed by atoms with E-state index >= 15 is 0 Å². The van der Waals surface area contributed by atoms with Crippen molar-refractivity contribution in [2.24, 2.45) is 0 Å². The topological polar surface area (TPSA) is 83.4 Å². The predicted octanol–water partition coefficient (Wildman–Crippen LogP) is 3.14. The van der Waals surface area contributed by atoms with Crippen molar-refractivity contribution in [3.63, 3.8) is 0 Å². The van der Waals surface area contributed by atoms with Crippen molar-refractivity contribution >= 4 is 11.5 Å². The van der Waals surface area contributed by atoms with Crippen molar-refractivity contribution in [1.82, 2.24) is 15.0 Å². The number of benzene rings is 1. The molecule has 0 aliphatic carbocycles. The number of fused-ring (bicyclic) bond motifs is 1. The van der Waals surface area contributed by atoms with Crippen LogP contribution in [0, 0.1) is 0 Å². The van der Waals surface area contributed by atoms with E-state index in [0.29, 0.717) is 12.2 Å². The molecule has 2 aromatic heterocycles. The number of aliphatic hydroxyl groups excluding tert-OH is 1. The first-order chi connectivity index (χ1) is 13.9. The lowest BCUT2D eigenvalue weighted by molar-refractivity contribution is -0.137. The van der Waals surface area contributed by atoms with E-state index in [1.165, 1.54) is 23.2 Å². The molecule has 0 saturated carbocycles. The smallest absolute Gasteiger partial charge is 0.416 e. The van der Waals surface area contributed by atoms with E-state index in [1.54, 1.807) is 24.5 Å². The Morgan fingerprint density at radius 2 is 1.97 bits per heavy atom. The van der Waals surface area contributed by atoms with Crippen molar-refractivity contribution in [3.05, 3.63) is 60.6 Å².